The quantitative estimate of drug-likeness (QED) is 0.779. The van der Waals surface area contributed by atoms with Crippen LogP contribution in [0.25, 0.3) is 0 Å². The van der Waals surface area contributed by atoms with E-state index in [4.69, 9.17) is 16.3 Å². The molecule has 1 saturated heterocycles. The molecule has 124 valence electrons. The molecule has 5 heteroatoms. The van der Waals surface area contributed by atoms with Gasteiger partial charge in [-0.3, -0.25) is 9.59 Å². The van der Waals surface area contributed by atoms with Crippen molar-refractivity contribution in [2.75, 3.05) is 19.0 Å². The fourth-order valence-corrected chi connectivity index (χ4v) is 3.44. The lowest BCUT2D eigenvalue weighted by Crippen LogP contribution is -2.54. The maximum Gasteiger partial charge on any atom is 0.229 e. The lowest BCUT2D eigenvalue weighted by molar-refractivity contribution is -0.142. The summed E-state index contributed by atoms with van der Waals surface area (Å²) < 4.78 is 6.19. The molecule has 0 atom stereocenters. The van der Waals surface area contributed by atoms with Crippen molar-refractivity contribution in [3.8, 4) is 5.75 Å². The summed E-state index contributed by atoms with van der Waals surface area (Å²) in [4.78, 5) is 26.8. The number of benzene rings is 1. The molecule has 0 aromatic heterocycles. The van der Waals surface area contributed by atoms with Crippen molar-refractivity contribution in [2.45, 2.75) is 38.7 Å². The largest absolute Gasteiger partial charge is 0.486 e. The van der Waals surface area contributed by atoms with E-state index < -0.39 is 11.0 Å². The van der Waals surface area contributed by atoms with Crippen molar-refractivity contribution < 1.29 is 14.3 Å². The first-order valence-corrected chi connectivity index (χ1v) is 8.57. The topological polar surface area (TPSA) is 46.6 Å². The third-order valence-corrected chi connectivity index (χ3v) is 5.54. The third-order valence-electron chi connectivity index (χ3n) is 4.87. The Hall–Kier alpha value is -1.55. The van der Waals surface area contributed by atoms with Gasteiger partial charge in [0.25, 0.3) is 0 Å². The monoisotopic (exact) mass is 335 g/mol. The summed E-state index contributed by atoms with van der Waals surface area (Å²) in [5, 5.41) is 0. The predicted octanol–water partition coefficient (Wildman–Crippen LogP) is 3.28. The van der Waals surface area contributed by atoms with Crippen LogP contribution in [0.1, 0.15) is 43.5 Å². The minimum atomic E-state index is -0.554. The number of hydrogen-bond donors (Lipinski definition) is 0. The number of ether oxygens (including phenoxy) is 1. The number of ketones is 1. The number of carbonyl (C=O) groups is 2. The Bertz CT molecular complexity index is 633. The second-order valence-corrected chi connectivity index (χ2v) is 7.46. The van der Waals surface area contributed by atoms with Crippen molar-refractivity contribution in [3.05, 3.63) is 29.8 Å². The number of carbonyl (C=O) groups excluding carboxylic acids is 2. The number of amides is 1. The predicted molar refractivity (Wildman–Crippen MR) is 89.1 cm³/mol. The number of nitrogens with zero attached hydrogens (tertiary/aromatic N) is 1. The molecular formula is C18H22ClNO3. The van der Waals surface area contributed by atoms with Crippen molar-refractivity contribution in [3.63, 3.8) is 0 Å². The average molecular weight is 336 g/mol. The van der Waals surface area contributed by atoms with Gasteiger partial charge in [-0.15, -0.1) is 11.6 Å². The number of rotatable bonds is 2. The van der Waals surface area contributed by atoms with E-state index in [1.807, 2.05) is 43.0 Å². The first-order chi connectivity index (χ1) is 10.9. The molecule has 2 heterocycles. The summed E-state index contributed by atoms with van der Waals surface area (Å²) in [5.74, 6) is 1.18. The molecule has 3 rings (SSSR count). The van der Waals surface area contributed by atoms with Gasteiger partial charge < -0.3 is 9.64 Å². The zero-order valence-electron chi connectivity index (χ0n) is 13.6. The van der Waals surface area contributed by atoms with Crippen LogP contribution in [0, 0.1) is 5.41 Å². The highest BCUT2D eigenvalue weighted by atomic mass is 35.5. The first-order valence-electron chi connectivity index (χ1n) is 8.03. The lowest BCUT2D eigenvalue weighted by Gasteiger charge is -2.45. The third kappa shape index (κ3) is 2.97. The number of piperidine rings is 1. The molecule has 2 aliphatic rings. The molecule has 23 heavy (non-hydrogen) atoms. The summed E-state index contributed by atoms with van der Waals surface area (Å²) in [5.41, 5.74) is -0.352. The molecule has 0 radical (unpaired) electrons. The van der Waals surface area contributed by atoms with Crippen molar-refractivity contribution in [1.29, 1.82) is 0 Å². The molecule has 1 aromatic rings. The van der Waals surface area contributed by atoms with Gasteiger partial charge in [-0.25, -0.2) is 0 Å². The van der Waals surface area contributed by atoms with Crippen LogP contribution in [0.4, 0.5) is 0 Å². The van der Waals surface area contributed by atoms with E-state index in [0.29, 0.717) is 49.5 Å². The Balaban J connectivity index is 1.72. The number of Topliss-reactive ketones (excluding diaryl/α,β-unsaturated/α-hetero) is 1. The first kappa shape index (κ1) is 16.3. The van der Waals surface area contributed by atoms with E-state index in [9.17, 15) is 9.59 Å². The van der Waals surface area contributed by atoms with Gasteiger partial charge in [0.2, 0.25) is 5.91 Å². The van der Waals surface area contributed by atoms with Gasteiger partial charge in [-0.05, 0) is 26.0 Å². The maximum absolute atomic E-state index is 12.5. The van der Waals surface area contributed by atoms with Gasteiger partial charge >= 0.3 is 0 Å². The molecule has 4 nitrogen and oxygen atoms in total. The van der Waals surface area contributed by atoms with Crippen LogP contribution < -0.4 is 4.74 Å². The summed E-state index contributed by atoms with van der Waals surface area (Å²) in [7, 11) is 0. The molecule has 0 N–H and O–H groups in total. The minimum Gasteiger partial charge on any atom is -0.486 e. The van der Waals surface area contributed by atoms with Gasteiger partial charge in [-0.1, -0.05) is 12.1 Å². The van der Waals surface area contributed by atoms with Crippen molar-refractivity contribution >= 4 is 23.3 Å². The normalized spacial score (nSPS) is 20.1. The number of halogens is 1. The summed E-state index contributed by atoms with van der Waals surface area (Å²) in [6.45, 7) is 4.94. The second-order valence-electron chi connectivity index (χ2n) is 7.19. The van der Waals surface area contributed by atoms with Gasteiger partial charge in [0, 0.05) is 31.8 Å². The second kappa shape index (κ2) is 5.82. The highest BCUT2D eigenvalue weighted by Gasteiger charge is 2.44. The van der Waals surface area contributed by atoms with Crippen LogP contribution in [0.2, 0.25) is 0 Å². The summed E-state index contributed by atoms with van der Waals surface area (Å²) >= 11 is 5.91. The Morgan fingerprint density at radius 2 is 1.96 bits per heavy atom. The minimum absolute atomic E-state index is 0.0740. The van der Waals surface area contributed by atoms with Gasteiger partial charge in [-0.2, -0.15) is 0 Å². The smallest absolute Gasteiger partial charge is 0.229 e. The van der Waals surface area contributed by atoms with E-state index in [2.05, 4.69) is 0 Å². The van der Waals surface area contributed by atoms with Crippen molar-refractivity contribution in [2.24, 2.45) is 5.41 Å². The molecule has 1 fully saturated rings. The molecule has 0 unspecified atom stereocenters. The fraction of sp³-hybridized carbons (Fsp3) is 0.556. The fourth-order valence-electron chi connectivity index (χ4n) is 3.32. The Kier molecular flexibility index (Phi) is 4.13. The highest BCUT2D eigenvalue weighted by molar-refractivity contribution is 6.19. The molecule has 0 saturated carbocycles. The van der Waals surface area contributed by atoms with E-state index in [0.717, 1.165) is 0 Å². The van der Waals surface area contributed by atoms with Crippen LogP contribution in [0.5, 0.6) is 5.75 Å². The number of alkyl halides is 1. The Morgan fingerprint density at radius 3 is 2.61 bits per heavy atom. The van der Waals surface area contributed by atoms with E-state index in [1.54, 1.807) is 0 Å². The standard InChI is InChI=1S/C18H22ClNO3/c1-17(2,12-19)16(22)20-9-7-18(8-10-20)11-14(21)13-5-3-4-6-15(13)23-18/h3-6H,7-12H2,1-2H3. The van der Waals surface area contributed by atoms with E-state index in [-0.39, 0.29) is 11.7 Å². The van der Waals surface area contributed by atoms with Crippen LogP contribution in [0.15, 0.2) is 24.3 Å². The SMILES string of the molecule is CC(C)(CCl)C(=O)N1CCC2(CC1)CC(=O)c1ccccc1O2. The maximum atomic E-state index is 12.5. The van der Waals surface area contributed by atoms with Gasteiger partial charge in [0.1, 0.15) is 11.4 Å². The van der Waals surface area contributed by atoms with Crippen molar-refractivity contribution in [1.82, 2.24) is 4.90 Å². The summed E-state index contributed by atoms with van der Waals surface area (Å²) in [6, 6.07) is 7.40. The van der Waals surface area contributed by atoms with Gasteiger partial charge in [0.05, 0.1) is 17.4 Å². The molecule has 0 aliphatic carbocycles. The number of fused-ring (bicyclic) bond motifs is 1. The molecule has 0 bridgehead atoms. The van der Waals surface area contributed by atoms with Crippen LogP contribution in [-0.4, -0.2) is 41.2 Å². The average Bonchev–Trinajstić information content (AvgIpc) is 2.55. The Morgan fingerprint density at radius 1 is 1.30 bits per heavy atom. The summed E-state index contributed by atoms with van der Waals surface area (Å²) in [6.07, 6.45) is 1.75. The molecule has 1 spiro atoms. The lowest BCUT2D eigenvalue weighted by atomic mass is 9.81. The Labute approximate surface area is 141 Å². The number of likely N-dealkylation sites (tertiary alicyclic amines) is 1. The molecule has 1 amide bonds. The van der Waals surface area contributed by atoms with E-state index >= 15 is 0 Å². The zero-order chi connectivity index (χ0) is 16.7. The van der Waals surface area contributed by atoms with Gasteiger partial charge in [0.15, 0.2) is 5.78 Å². The zero-order valence-corrected chi connectivity index (χ0v) is 14.4. The van der Waals surface area contributed by atoms with E-state index in [1.165, 1.54) is 0 Å². The molecular weight excluding hydrogens is 314 g/mol. The molecule has 1 aromatic carbocycles. The van der Waals surface area contributed by atoms with Crippen LogP contribution in [0.3, 0.4) is 0 Å². The highest BCUT2D eigenvalue weighted by Crippen LogP contribution is 2.39. The molecule has 2 aliphatic heterocycles. The van der Waals surface area contributed by atoms with Crippen LogP contribution >= 0.6 is 11.6 Å². The number of para-hydroxylation sites is 1. The number of hydrogen-bond acceptors (Lipinski definition) is 3. The van der Waals surface area contributed by atoms with Crippen LogP contribution in [-0.2, 0) is 4.79 Å².